The van der Waals surface area contributed by atoms with Gasteiger partial charge >= 0.3 is 5.00 Å². The van der Waals surface area contributed by atoms with Crippen LogP contribution in [0, 0.1) is 10.1 Å². The van der Waals surface area contributed by atoms with E-state index >= 15 is 0 Å². The molecule has 0 aliphatic heterocycles. The van der Waals surface area contributed by atoms with E-state index in [0.717, 1.165) is 17.0 Å². The lowest BCUT2D eigenvalue weighted by Crippen LogP contribution is -2.36. The Morgan fingerprint density at radius 2 is 1.85 bits per heavy atom. The number of nitrogens with zero attached hydrogens (tertiary/aromatic N) is 2. The molecular formula is C14H14N2O3S. The Labute approximate surface area is 120 Å². The van der Waals surface area contributed by atoms with Crippen molar-refractivity contribution in [1.82, 2.24) is 0 Å². The lowest BCUT2D eigenvalue weighted by atomic mass is 10.2. The lowest BCUT2D eigenvalue weighted by Gasteiger charge is -2.26. The zero-order chi connectivity index (χ0) is 14.7. The highest BCUT2D eigenvalue weighted by molar-refractivity contribution is 7.17. The van der Waals surface area contributed by atoms with Crippen molar-refractivity contribution >= 4 is 27.9 Å². The summed E-state index contributed by atoms with van der Waals surface area (Å²) in [5.74, 6) is -0.218. The first-order chi connectivity index (χ1) is 9.50. The van der Waals surface area contributed by atoms with Crippen molar-refractivity contribution in [3.8, 4) is 0 Å². The molecule has 0 spiro atoms. The molecule has 1 amide bonds. The Kier molecular flexibility index (Phi) is 4.14. The van der Waals surface area contributed by atoms with E-state index < -0.39 is 4.92 Å². The largest absolute Gasteiger partial charge is 0.324 e. The summed E-state index contributed by atoms with van der Waals surface area (Å²) in [4.78, 5) is 24.8. The predicted molar refractivity (Wildman–Crippen MR) is 79.4 cm³/mol. The quantitative estimate of drug-likeness (QED) is 0.637. The van der Waals surface area contributed by atoms with Gasteiger partial charge in [0, 0.05) is 17.8 Å². The van der Waals surface area contributed by atoms with Crippen molar-refractivity contribution in [2.75, 3.05) is 4.90 Å². The molecule has 1 aromatic heterocycles. The minimum Gasteiger partial charge on any atom is -0.305 e. The number of carbonyl (C=O) groups excluding carboxylic acids is 1. The van der Waals surface area contributed by atoms with Gasteiger partial charge in [-0.15, -0.1) is 0 Å². The van der Waals surface area contributed by atoms with Gasteiger partial charge in [-0.25, -0.2) is 0 Å². The summed E-state index contributed by atoms with van der Waals surface area (Å²) >= 11 is 0.899. The van der Waals surface area contributed by atoms with E-state index in [2.05, 4.69) is 0 Å². The number of rotatable bonds is 4. The summed E-state index contributed by atoms with van der Waals surface area (Å²) in [6.45, 7) is 3.82. The number of para-hydroxylation sites is 1. The van der Waals surface area contributed by atoms with E-state index in [-0.39, 0.29) is 17.0 Å². The van der Waals surface area contributed by atoms with Gasteiger partial charge in [-0.3, -0.25) is 14.9 Å². The number of hydrogen-bond donors (Lipinski definition) is 0. The van der Waals surface area contributed by atoms with Crippen molar-refractivity contribution < 1.29 is 9.72 Å². The third kappa shape index (κ3) is 2.85. The molecule has 1 heterocycles. The Bertz CT molecular complexity index is 622. The highest BCUT2D eigenvalue weighted by Gasteiger charge is 2.23. The average molecular weight is 290 g/mol. The van der Waals surface area contributed by atoms with E-state index in [9.17, 15) is 14.9 Å². The van der Waals surface area contributed by atoms with Crippen LogP contribution in [0.5, 0.6) is 0 Å². The molecule has 5 nitrogen and oxygen atoms in total. The molecule has 0 saturated heterocycles. The maximum atomic E-state index is 12.5. The molecule has 0 N–H and O–H groups in total. The topological polar surface area (TPSA) is 63.5 Å². The molecule has 1 aromatic carbocycles. The second kappa shape index (κ2) is 5.83. The molecule has 0 radical (unpaired) electrons. The molecular weight excluding hydrogens is 276 g/mol. The van der Waals surface area contributed by atoms with Crippen LogP contribution in [0.3, 0.4) is 0 Å². The van der Waals surface area contributed by atoms with Crippen LogP contribution in [-0.4, -0.2) is 16.9 Å². The minimum absolute atomic E-state index is 0.0230. The lowest BCUT2D eigenvalue weighted by molar-refractivity contribution is -0.380. The first-order valence-corrected chi connectivity index (χ1v) is 6.95. The number of nitro groups is 1. The maximum absolute atomic E-state index is 12.5. The minimum atomic E-state index is -0.482. The fourth-order valence-electron chi connectivity index (χ4n) is 1.90. The van der Waals surface area contributed by atoms with Gasteiger partial charge < -0.3 is 4.90 Å². The van der Waals surface area contributed by atoms with Gasteiger partial charge in [0.2, 0.25) is 0 Å². The molecule has 104 valence electrons. The van der Waals surface area contributed by atoms with Gasteiger partial charge in [0.25, 0.3) is 5.91 Å². The zero-order valence-electron chi connectivity index (χ0n) is 11.1. The van der Waals surface area contributed by atoms with Crippen molar-refractivity contribution in [1.29, 1.82) is 0 Å². The van der Waals surface area contributed by atoms with Crippen LogP contribution in [0.15, 0.2) is 42.5 Å². The van der Waals surface area contributed by atoms with Crippen LogP contribution < -0.4 is 4.90 Å². The third-order valence-electron chi connectivity index (χ3n) is 2.75. The number of anilines is 1. The van der Waals surface area contributed by atoms with Gasteiger partial charge in [-0.2, -0.15) is 0 Å². The number of thiophene rings is 1. The molecule has 2 aromatic rings. The first-order valence-electron chi connectivity index (χ1n) is 6.13. The first kappa shape index (κ1) is 14.2. The maximum Gasteiger partial charge on any atom is 0.324 e. The van der Waals surface area contributed by atoms with Gasteiger partial charge in [0.15, 0.2) is 0 Å². The van der Waals surface area contributed by atoms with E-state index in [1.54, 1.807) is 4.90 Å². The molecule has 0 unspecified atom stereocenters. The van der Waals surface area contributed by atoms with Crippen LogP contribution in [0.4, 0.5) is 10.7 Å². The van der Waals surface area contributed by atoms with Crippen LogP contribution in [0.1, 0.15) is 23.5 Å². The standard InChI is InChI=1S/C14H14N2O3S/c1-10(2)15(11-6-4-3-5-7-11)14(17)12-8-9-13(20-12)16(18)19/h3-10H,1-2H3. The molecule has 0 atom stereocenters. The van der Waals surface area contributed by atoms with E-state index in [1.165, 1.54) is 12.1 Å². The molecule has 20 heavy (non-hydrogen) atoms. The summed E-state index contributed by atoms with van der Waals surface area (Å²) < 4.78 is 0. The van der Waals surface area contributed by atoms with Gasteiger partial charge in [0.1, 0.15) is 0 Å². The Hall–Kier alpha value is -2.21. The third-order valence-corrected chi connectivity index (χ3v) is 3.78. The Morgan fingerprint density at radius 1 is 1.20 bits per heavy atom. The fraction of sp³-hybridized carbons (Fsp3) is 0.214. The summed E-state index contributed by atoms with van der Waals surface area (Å²) in [5.41, 5.74) is 0.781. The van der Waals surface area contributed by atoms with Crippen molar-refractivity contribution in [3.63, 3.8) is 0 Å². The van der Waals surface area contributed by atoms with Gasteiger partial charge in [-0.1, -0.05) is 29.5 Å². The smallest absolute Gasteiger partial charge is 0.305 e. The SMILES string of the molecule is CC(C)N(C(=O)c1ccc([N+](=O)[O-])s1)c1ccccc1. The average Bonchev–Trinajstić information content (AvgIpc) is 2.89. The number of amides is 1. The number of hydrogen-bond acceptors (Lipinski definition) is 4. The van der Waals surface area contributed by atoms with Crippen LogP contribution in [0.2, 0.25) is 0 Å². The normalized spacial score (nSPS) is 10.6. The van der Waals surface area contributed by atoms with E-state index in [0.29, 0.717) is 4.88 Å². The fourth-order valence-corrected chi connectivity index (χ4v) is 2.66. The second-order valence-electron chi connectivity index (χ2n) is 4.50. The summed E-state index contributed by atoms with van der Waals surface area (Å²) in [6.07, 6.45) is 0. The summed E-state index contributed by atoms with van der Waals surface area (Å²) in [5, 5.41) is 10.7. The summed E-state index contributed by atoms with van der Waals surface area (Å²) in [7, 11) is 0. The highest BCUT2D eigenvalue weighted by atomic mass is 32.1. The molecule has 0 aliphatic carbocycles. The molecule has 6 heteroatoms. The Morgan fingerprint density at radius 3 is 2.35 bits per heavy atom. The van der Waals surface area contributed by atoms with Gasteiger partial charge in [-0.05, 0) is 32.0 Å². The van der Waals surface area contributed by atoms with Crippen molar-refractivity contribution in [2.45, 2.75) is 19.9 Å². The van der Waals surface area contributed by atoms with Crippen molar-refractivity contribution in [2.24, 2.45) is 0 Å². The number of benzene rings is 1. The van der Waals surface area contributed by atoms with Crippen LogP contribution in [-0.2, 0) is 0 Å². The van der Waals surface area contributed by atoms with Crippen LogP contribution >= 0.6 is 11.3 Å². The second-order valence-corrected chi connectivity index (χ2v) is 5.56. The Balaban J connectivity index is 2.34. The molecule has 0 fully saturated rings. The highest BCUT2D eigenvalue weighted by Crippen LogP contribution is 2.27. The summed E-state index contributed by atoms with van der Waals surface area (Å²) in [6, 6.07) is 12.1. The van der Waals surface area contributed by atoms with Crippen LogP contribution in [0.25, 0.3) is 0 Å². The number of carbonyl (C=O) groups is 1. The monoisotopic (exact) mass is 290 g/mol. The van der Waals surface area contributed by atoms with E-state index in [1.807, 2.05) is 44.2 Å². The predicted octanol–water partition coefficient (Wildman–Crippen LogP) is 3.71. The molecule has 0 aliphatic rings. The molecule has 0 saturated carbocycles. The molecule has 0 bridgehead atoms. The molecule has 2 rings (SSSR count). The van der Waals surface area contributed by atoms with E-state index in [4.69, 9.17) is 0 Å². The van der Waals surface area contributed by atoms with Gasteiger partial charge in [0.05, 0.1) is 9.80 Å². The zero-order valence-corrected chi connectivity index (χ0v) is 12.0. The van der Waals surface area contributed by atoms with Crippen molar-refractivity contribution in [3.05, 3.63) is 57.5 Å².